The molecule has 2 aliphatic rings. The summed E-state index contributed by atoms with van der Waals surface area (Å²) >= 11 is 0. The Hall–Kier alpha value is -0.810. The standard InChI is InChI=1S/C25H47NO12/c1-3-4-5-6-7-8-9-10-11-12-13-26-24(14-27)25(15(2)28,20(33)19(32)22(35)37-24)38-23-18(31)16(29)17(30)21(34)36-23/h16-23,26-27,29-35H,3-14H2,1-2H3/t16-,17-,18+,19+,20-,21-,22+,23-,24+,25-/m0/s1. The Morgan fingerprint density at radius 3 is 1.87 bits per heavy atom. The molecule has 13 nitrogen and oxygen atoms in total. The van der Waals surface area contributed by atoms with Gasteiger partial charge in [0.05, 0.1) is 6.61 Å². The van der Waals surface area contributed by atoms with Crippen LogP contribution in [-0.4, -0.2) is 121 Å². The Kier molecular flexibility index (Phi) is 13.4. The summed E-state index contributed by atoms with van der Waals surface area (Å²) in [6.45, 7) is 2.28. The molecule has 0 radical (unpaired) electrons. The first-order valence-electron chi connectivity index (χ1n) is 13.6. The van der Waals surface area contributed by atoms with Crippen molar-refractivity contribution in [2.75, 3.05) is 13.2 Å². The molecule has 0 spiro atoms. The van der Waals surface area contributed by atoms with Crippen molar-refractivity contribution in [3.8, 4) is 0 Å². The number of Topliss-reactive ketones (excluding diaryl/α,β-unsaturated/α-hetero) is 1. The van der Waals surface area contributed by atoms with E-state index in [1.807, 2.05) is 0 Å². The van der Waals surface area contributed by atoms with E-state index in [0.29, 0.717) is 6.42 Å². The molecule has 0 aromatic heterocycles. The summed E-state index contributed by atoms with van der Waals surface area (Å²) in [6, 6.07) is 0. The van der Waals surface area contributed by atoms with Gasteiger partial charge in [-0.05, 0) is 19.9 Å². The maximum atomic E-state index is 13.0. The predicted molar refractivity (Wildman–Crippen MR) is 132 cm³/mol. The zero-order chi connectivity index (χ0) is 28.5. The van der Waals surface area contributed by atoms with E-state index in [-0.39, 0.29) is 6.54 Å². The monoisotopic (exact) mass is 553 g/mol. The molecule has 2 saturated heterocycles. The second kappa shape index (κ2) is 15.3. The van der Waals surface area contributed by atoms with Crippen molar-refractivity contribution in [1.29, 1.82) is 0 Å². The molecule has 2 rings (SSSR count). The number of aliphatic hydroxyl groups is 8. The number of ketones is 1. The normalized spacial score (nSPS) is 39.8. The summed E-state index contributed by atoms with van der Waals surface area (Å²) in [6.07, 6.45) is -5.51. The van der Waals surface area contributed by atoms with Crippen molar-refractivity contribution in [3.05, 3.63) is 0 Å². The van der Waals surface area contributed by atoms with Crippen LogP contribution in [0.5, 0.6) is 0 Å². The van der Waals surface area contributed by atoms with E-state index in [0.717, 1.165) is 32.6 Å². The number of rotatable bonds is 16. The van der Waals surface area contributed by atoms with Gasteiger partial charge in [-0.1, -0.05) is 64.7 Å². The van der Waals surface area contributed by atoms with Gasteiger partial charge in [-0.25, -0.2) is 0 Å². The molecule has 224 valence electrons. The molecule has 0 amide bonds. The van der Waals surface area contributed by atoms with E-state index in [2.05, 4.69) is 12.2 Å². The van der Waals surface area contributed by atoms with Crippen LogP contribution in [0, 0.1) is 0 Å². The number of hydrogen-bond acceptors (Lipinski definition) is 13. The number of nitrogens with one attached hydrogen (secondary N) is 1. The van der Waals surface area contributed by atoms with Gasteiger partial charge in [-0.15, -0.1) is 0 Å². The highest BCUT2D eigenvalue weighted by Crippen LogP contribution is 2.42. The van der Waals surface area contributed by atoms with Crippen molar-refractivity contribution in [1.82, 2.24) is 5.32 Å². The Morgan fingerprint density at radius 2 is 1.34 bits per heavy atom. The van der Waals surface area contributed by atoms with Crippen LogP contribution in [0.4, 0.5) is 0 Å². The smallest absolute Gasteiger partial charge is 0.202 e. The molecular weight excluding hydrogens is 506 g/mol. The van der Waals surface area contributed by atoms with Crippen LogP contribution in [0.15, 0.2) is 0 Å². The van der Waals surface area contributed by atoms with Gasteiger partial charge in [0.15, 0.2) is 30.4 Å². The Labute approximate surface area is 223 Å². The number of unbranched alkanes of at least 4 members (excludes halogenated alkanes) is 9. The fraction of sp³-hybridized carbons (Fsp3) is 0.960. The van der Waals surface area contributed by atoms with Gasteiger partial charge in [0.25, 0.3) is 0 Å². The van der Waals surface area contributed by atoms with E-state index in [9.17, 15) is 45.6 Å². The molecule has 0 aliphatic carbocycles. The molecule has 0 aromatic carbocycles. The minimum Gasteiger partial charge on any atom is -0.392 e. The number of hydrogen-bond donors (Lipinski definition) is 9. The van der Waals surface area contributed by atoms with Crippen LogP contribution in [-0.2, 0) is 19.0 Å². The van der Waals surface area contributed by atoms with Gasteiger partial charge in [-0.3, -0.25) is 10.1 Å². The molecule has 0 saturated carbocycles. The largest absolute Gasteiger partial charge is 0.392 e. The maximum absolute atomic E-state index is 13.0. The summed E-state index contributed by atoms with van der Waals surface area (Å²) in [7, 11) is 0. The lowest BCUT2D eigenvalue weighted by molar-refractivity contribution is -0.416. The molecule has 10 atom stereocenters. The molecule has 38 heavy (non-hydrogen) atoms. The molecule has 0 unspecified atom stereocenters. The van der Waals surface area contributed by atoms with E-state index >= 15 is 0 Å². The number of aliphatic hydroxyl groups excluding tert-OH is 8. The van der Waals surface area contributed by atoms with Gasteiger partial charge < -0.3 is 55.1 Å². The van der Waals surface area contributed by atoms with Crippen molar-refractivity contribution in [2.45, 2.75) is 139 Å². The minimum absolute atomic E-state index is 0.156. The molecule has 2 aliphatic heterocycles. The summed E-state index contributed by atoms with van der Waals surface area (Å²) in [5, 5.41) is 84.9. The van der Waals surface area contributed by atoms with Gasteiger partial charge in [0.2, 0.25) is 5.60 Å². The van der Waals surface area contributed by atoms with Crippen molar-refractivity contribution in [3.63, 3.8) is 0 Å². The lowest BCUT2D eigenvalue weighted by atomic mass is 9.76. The molecule has 13 heteroatoms. The van der Waals surface area contributed by atoms with Crippen molar-refractivity contribution >= 4 is 5.78 Å². The Bertz CT molecular complexity index is 716. The molecule has 2 heterocycles. The highest BCUT2D eigenvalue weighted by atomic mass is 16.8. The fourth-order valence-electron chi connectivity index (χ4n) is 5.14. The summed E-state index contributed by atoms with van der Waals surface area (Å²) in [4.78, 5) is 13.0. The topological polar surface area (TPSA) is 219 Å². The average Bonchev–Trinajstić information content (AvgIpc) is 2.89. The van der Waals surface area contributed by atoms with Crippen LogP contribution in [0.2, 0.25) is 0 Å². The lowest BCUT2D eigenvalue weighted by Crippen LogP contribution is -2.82. The molecule has 9 N–H and O–H groups in total. The molecule has 0 aromatic rings. The Balaban J connectivity index is 2.13. The summed E-state index contributed by atoms with van der Waals surface area (Å²) < 4.78 is 16.1. The second-order valence-electron chi connectivity index (χ2n) is 10.3. The van der Waals surface area contributed by atoms with Crippen molar-refractivity contribution in [2.24, 2.45) is 0 Å². The zero-order valence-corrected chi connectivity index (χ0v) is 22.3. The third-order valence-electron chi connectivity index (χ3n) is 7.49. The average molecular weight is 554 g/mol. The molecule has 0 bridgehead atoms. The molecule has 2 fully saturated rings. The maximum Gasteiger partial charge on any atom is 0.202 e. The minimum atomic E-state index is -2.67. The van der Waals surface area contributed by atoms with E-state index in [1.165, 1.54) is 32.1 Å². The van der Waals surface area contributed by atoms with Gasteiger partial charge in [0, 0.05) is 0 Å². The quantitative estimate of drug-likeness (QED) is 0.0981. The second-order valence-corrected chi connectivity index (χ2v) is 10.3. The first-order valence-corrected chi connectivity index (χ1v) is 13.6. The van der Waals surface area contributed by atoms with Crippen LogP contribution in [0.25, 0.3) is 0 Å². The van der Waals surface area contributed by atoms with E-state index < -0.39 is 73.1 Å². The number of carbonyl (C=O) groups excluding carboxylic acids is 1. The van der Waals surface area contributed by atoms with E-state index in [1.54, 1.807) is 0 Å². The zero-order valence-electron chi connectivity index (χ0n) is 22.3. The van der Waals surface area contributed by atoms with Gasteiger partial charge in [0.1, 0.15) is 30.5 Å². The molecular formula is C25H47NO12. The predicted octanol–water partition coefficient (Wildman–Crippen LogP) is -1.64. The SMILES string of the molecule is CCCCCCCCCCCCN[C@]1(CO)O[C@@H](O)[C@H](O)[C@H](O)[C@@]1(O[C@@H]1O[C@H](O)[C@@H](O)[C@H](O)[C@H]1O)C(C)=O. The van der Waals surface area contributed by atoms with Crippen LogP contribution in [0.1, 0.15) is 78.1 Å². The first-order chi connectivity index (χ1) is 18.0. The van der Waals surface area contributed by atoms with Crippen LogP contribution >= 0.6 is 0 Å². The van der Waals surface area contributed by atoms with Crippen LogP contribution in [0.3, 0.4) is 0 Å². The van der Waals surface area contributed by atoms with Gasteiger partial charge in [-0.2, -0.15) is 0 Å². The first kappa shape index (κ1) is 33.4. The van der Waals surface area contributed by atoms with E-state index in [4.69, 9.17) is 14.2 Å². The van der Waals surface area contributed by atoms with Crippen molar-refractivity contribution < 1.29 is 59.9 Å². The highest BCUT2D eigenvalue weighted by molar-refractivity contribution is 5.88. The third-order valence-corrected chi connectivity index (χ3v) is 7.49. The number of ether oxygens (including phenoxy) is 3. The fourth-order valence-corrected chi connectivity index (χ4v) is 5.14. The third kappa shape index (κ3) is 7.28. The lowest BCUT2D eigenvalue weighted by Gasteiger charge is -2.56. The number of carbonyl (C=O) groups is 1. The van der Waals surface area contributed by atoms with Gasteiger partial charge >= 0.3 is 0 Å². The summed E-state index contributed by atoms with van der Waals surface area (Å²) in [5.41, 5.74) is -4.99. The Morgan fingerprint density at radius 1 is 0.789 bits per heavy atom. The van der Waals surface area contributed by atoms with Crippen LogP contribution < -0.4 is 5.32 Å². The highest BCUT2D eigenvalue weighted by Gasteiger charge is 2.69. The summed E-state index contributed by atoms with van der Waals surface area (Å²) in [5.74, 6) is -0.980.